The maximum absolute atomic E-state index is 4.58. The summed E-state index contributed by atoms with van der Waals surface area (Å²) in [5.74, 6) is 1.12. The van der Waals surface area contributed by atoms with Crippen LogP contribution in [0.2, 0.25) is 0 Å². The van der Waals surface area contributed by atoms with Gasteiger partial charge in [0.05, 0.1) is 6.54 Å². The van der Waals surface area contributed by atoms with Gasteiger partial charge in [0.15, 0.2) is 0 Å². The van der Waals surface area contributed by atoms with Gasteiger partial charge in [0.1, 0.15) is 5.84 Å². The molecule has 0 fully saturated rings. The zero-order valence-corrected chi connectivity index (χ0v) is 9.64. The molecule has 0 saturated heterocycles. The smallest absolute Gasteiger partial charge is 0.132 e. The second-order valence-electron chi connectivity index (χ2n) is 4.30. The minimum Gasteiger partial charge on any atom is -0.358 e. The van der Waals surface area contributed by atoms with Crippen molar-refractivity contribution in [2.24, 2.45) is 12.0 Å². The van der Waals surface area contributed by atoms with Crippen LogP contribution >= 0.6 is 0 Å². The molecule has 0 bridgehead atoms. The highest BCUT2D eigenvalue weighted by Crippen LogP contribution is 2.23. The molecule has 0 atom stereocenters. The molecule has 0 N–H and O–H groups in total. The number of para-hydroxylation sites is 1. The third-order valence-electron chi connectivity index (χ3n) is 3.20. The first-order valence-electron chi connectivity index (χ1n) is 5.57. The minimum atomic E-state index is 0.912. The van der Waals surface area contributed by atoms with Gasteiger partial charge in [0.25, 0.3) is 0 Å². The number of fused-ring (bicyclic) bond motifs is 1. The molecule has 2 aromatic rings. The van der Waals surface area contributed by atoms with Gasteiger partial charge in [-0.3, -0.25) is 4.99 Å². The Kier molecular flexibility index (Phi) is 1.99. The molecule has 3 nitrogen and oxygen atoms in total. The van der Waals surface area contributed by atoms with E-state index < -0.39 is 0 Å². The van der Waals surface area contributed by atoms with Crippen LogP contribution in [0.15, 0.2) is 35.5 Å². The van der Waals surface area contributed by atoms with E-state index in [0.717, 1.165) is 18.9 Å². The fourth-order valence-corrected chi connectivity index (χ4v) is 2.34. The number of amidine groups is 1. The van der Waals surface area contributed by atoms with E-state index in [1.165, 1.54) is 16.5 Å². The first-order chi connectivity index (χ1) is 7.77. The predicted molar refractivity (Wildman–Crippen MR) is 67.0 cm³/mol. The molecule has 1 aliphatic rings. The molecule has 1 aromatic carbocycles. The molecule has 16 heavy (non-hydrogen) atoms. The van der Waals surface area contributed by atoms with E-state index in [9.17, 15) is 0 Å². The van der Waals surface area contributed by atoms with Crippen molar-refractivity contribution in [3.63, 3.8) is 0 Å². The molecule has 3 heteroatoms. The Bertz CT molecular complexity index is 566. The number of likely N-dealkylation sites (N-methyl/N-ethyl adjacent to an activating group) is 1. The van der Waals surface area contributed by atoms with Crippen LogP contribution in [0.25, 0.3) is 10.9 Å². The maximum Gasteiger partial charge on any atom is 0.132 e. The summed E-state index contributed by atoms with van der Waals surface area (Å²) in [5.41, 5.74) is 2.51. The summed E-state index contributed by atoms with van der Waals surface area (Å²) in [6.45, 7) is 1.94. The van der Waals surface area contributed by atoms with Crippen molar-refractivity contribution in [2.75, 3.05) is 20.1 Å². The molecule has 82 valence electrons. The Hall–Kier alpha value is -1.77. The first-order valence-corrected chi connectivity index (χ1v) is 5.57. The van der Waals surface area contributed by atoms with Gasteiger partial charge in [0.2, 0.25) is 0 Å². The standard InChI is InChI=1S/C13H15N3/c1-15-8-7-14-13(15)11-9-16(2)12-6-4-3-5-10(11)12/h3-6,9H,7-8H2,1-2H3. The lowest BCUT2D eigenvalue weighted by atomic mass is 10.1. The average molecular weight is 213 g/mol. The topological polar surface area (TPSA) is 20.5 Å². The molecule has 1 aliphatic heterocycles. The quantitative estimate of drug-likeness (QED) is 0.708. The third-order valence-corrected chi connectivity index (χ3v) is 3.20. The Balaban J connectivity index is 2.24. The highest BCUT2D eigenvalue weighted by Gasteiger charge is 2.18. The Morgan fingerprint density at radius 2 is 2.00 bits per heavy atom. The molecular weight excluding hydrogens is 198 g/mol. The highest BCUT2D eigenvalue weighted by molar-refractivity contribution is 6.10. The molecular formula is C13H15N3. The van der Waals surface area contributed by atoms with E-state index in [-0.39, 0.29) is 0 Å². The zero-order chi connectivity index (χ0) is 11.1. The lowest BCUT2D eigenvalue weighted by Crippen LogP contribution is -2.23. The Labute approximate surface area is 95.0 Å². The van der Waals surface area contributed by atoms with E-state index in [4.69, 9.17) is 0 Å². The normalized spacial score (nSPS) is 15.9. The summed E-state index contributed by atoms with van der Waals surface area (Å²) in [7, 11) is 4.19. The Morgan fingerprint density at radius 1 is 1.19 bits per heavy atom. The summed E-state index contributed by atoms with van der Waals surface area (Å²) < 4.78 is 2.17. The van der Waals surface area contributed by atoms with E-state index in [0.29, 0.717) is 0 Å². The van der Waals surface area contributed by atoms with Crippen LogP contribution in [-0.2, 0) is 7.05 Å². The average Bonchev–Trinajstić information content (AvgIpc) is 2.84. The monoisotopic (exact) mass is 213 g/mol. The SMILES string of the molecule is CN1CCN=C1c1cn(C)c2ccccc12. The lowest BCUT2D eigenvalue weighted by Gasteiger charge is -2.12. The molecule has 0 spiro atoms. The lowest BCUT2D eigenvalue weighted by molar-refractivity contribution is 0.557. The maximum atomic E-state index is 4.58. The van der Waals surface area contributed by atoms with Crippen LogP contribution in [0, 0.1) is 0 Å². The molecule has 0 amide bonds. The van der Waals surface area contributed by atoms with Gasteiger partial charge in [-0.2, -0.15) is 0 Å². The minimum absolute atomic E-state index is 0.912. The molecule has 3 rings (SSSR count). The van der Waals surface area contributed by atoms with Crippen molar-refractivity contribution in [1.29, 1.82) is 0 Å². The first kappa shape index (κ1) is 9.46. The van der Waals surface area contributed by atoms with Gasteiger partial charge in [-0.25, -0.2) is 0 Å². The van der Waals surface area contributed by atoms with Crippen molar-refractivity contribution >= 4 is 16.7 Å². The van der Waals surface area contributed by atoms with Crippen LogP contribution in [-0.4, -0.2) is 35.4 Å². The van der Waals surface area contributed by atoms with E-state index in [1.54, 1.807) is 0 Å². The van der Waals surface area contributed by atoms with Crippen molar-refractivity contribution in [3.8, 4) is 0 Å². The van der Waals surface area contributed by atoms with Gasteiger partial charge in [-0.05, 0) is 6.07 Å². The summed E-state index contributed by atoms with van der Waals surface area (Å²) in [6.07, 6.45) is 2.17. The van der Waals surface area contributed by atoms with Crippen LogP contribution < -0.4 is 0 Å². The molecule has 0 radical (unpaired) electrons. The van der Waals surface area contributed by atoms with Gasteiger partial charge in [-0.15, -0.1) is 0 Å². The second kappa shape index (κ2) is 3.37. The molecule has 1 aromatic heterocycles. The highest BCUT2D eigenvalue weighted by atomic mass is 15.2. The van der Waals surface area contributed by atoms with Crippen molar-refractivity contribution < 1.29 is 0 Å². The zero-order valence-electron chi connectivity index (χ0n) is 9.64. The van der Waals surface area contributed by atoms with Crippen LogP contribution in [0.5, 0.6) is 0 Å². The number of hydrogen-bond acceptors (Lipinski definition) is 2. The largest absolute Gasteiger partial charge is 0.358 e. The summed E-state index contributed by atoms with van der Waals surface area (Å²) in [5, 5.41) is 1.29. The van der Waals surface area contributed by atoms with Gasteiger partial charge in [-0.1, -0.05) is 18.2 Å². The number of aliphatic imine (C=N–C) groups is 1. The van der Waals surface area contributed by atoms with Gasteiger partial charge in [0, 0.05) is 43.3 Å². The third kappa shape index (κ3) is 1.24. The fourth-order valence-electron chi connectivity index (χ4n) is 2.34. The molecule has 2 heterocycles. The number of hydrogen-bond donors (Lipinski definition) is 0. The Morgan fingerprint density at radius 3 is 2.75 bits per heavy atom. The van der Waals surface area contributed by atoms with Crippen LogP contribution in [0.3, 0.4) is 0 Å². The predicted octanol–water partition coefficient (Wildman–Crippen LogP) is 1.87. The summed E-state index contributed by atoms with van der Waals surface area (Å²) in [6, 6.07) is 8.47. The number of benzene rings is 1. The number of aryl methyl sites for hydroxylation is 1. The second-order valence-corrected chi connectivity index (χ2v) is 4.30. The fraction of sp³-hybridized carbons (Fsp3) is 0.308. The van der Waals surface area contributed by atoms with Crippen LogP contribution in [0.4, 0.5) is 0 Å². The number of rotatable bonds is 1. The molecule has 0 unspecified atom stereocenters. The molecule has 0 aliphatic carbocycles. The summed E-state index contributed by atoms with van der Waals surface area (Å²) in [4.78, 5) is 6.80. The van der Waals surface area contributed by atoms with E-state index in [2.05, 4.69) is 59.0 Å². The van der Waals surface area contributed by atoms with E-state index >= 15 is 0 Å². The number of nitrogens with zero attached hydrogens (tertiary/aromatic N) is 3. The van der Waals surface area contributed by atoms with Crippen molar-refractivity contribution in [2.45, 2.75) is 0 Å². The molecule has 0 saturated carbocycles. The number of aromatic nitrogens is 1. The van der Waals surface area contributed by atoms with Gasteiger partial charge < -0.3 is 9.47 Å². The van der Waals surface area contributed by atoms with E-state index in [1.807, 2.05) is 0 Å². The van der Waals surface area contributed by atoms with Gasteiger partial charge >= 0.3 is 0 Å². The van der Waals surface area contributed by atoms with Crippen LogP contribution in [0.1, 0.15) is 5.56 Å². The van der Waals surface area contributed by atoms with Crippen molar-refractivity contribution in [3.05, 3.63) is 36.0 Å². The van der Waals surface area contributed by atoms with Crippen molar-refractivity contribution in [1.82, 2.24) is 9.47 Å². The summed E-state index contributed by atoms with van der Waals surface area (Å²) >= 11 is 0.